The van der Waals surface area contributed by atoms with Crippen molar-refractivity contribution in [2.45, 2.75) is 59.2 Å². The van der Waals surface area contributed by atoms with Gasteiger partial charge in [-0.2, -0.15) is 0 Å². The van der Waals surface area contributed by atoms with E-state index in [1.165, 1.54) is 0 Å². The Bertz CT molecular complexity index is 395. The molecule has 3 atom stereocenters. The van der Waals surface area contributed by atoms with Crippen molar-refractivity contribution >= 4 is 11.8 Å². The molecule has 19 heavy (non-hydrogen) atoms. The van der Waals surface area contributed by atoms with Crippen molar-refractivity contribution in [3.05, 3.63) is 0 Å². The largest absolute Gasteiger partial charge is 0.342 e. The average molecular weight is 264 g/mol. The maximum atomic E-state index is 12.5. The molecule has 0 aromatic carbocycles. The lowest BCUT2D eigenvalue weighted by atomic mass is 9.92. The van der Waals surface area contributed by atoms with Gasteiger partial charge < -0.3 is 10.2 Å². The molecule has 106 valence electrons. The smallest absolute Gasteiger partial charge is 0.246 e. The summed E-state index contributed by atoms with van der Waals surface area (Å²) in [5.41, 5.74) is 0. The molecule has 1 saturated heterocycles. The molecule has 1 rings (SSSR count). The van der Waals surface area contributed by atoms with Crippen LogP contribution in [0.2, 0.25) is 0 Å². The predicted molar refractivity (Wildman–Crippen MR) is 75.2 cm³/mol. The van der Waals surface area contributed by atoms with Crippen LogP contribution in [0.5, 0.6) is 0 Å². The van der Waals surface area contributed by atoms with Gasteiger partial charge in [-0.15, -0.1) is 6.42 Å². The maximum absolute atomic E-state index is 12.5. The van der Waals surface area contributed by atoms with Crippen LogP contribution in [-0.2, 0) is 9.59 Å². The number of terminal acetylenes is 1. The molecule has 0 radical (unpaired) electrons. The van der Waals surface area contributed by atoms with Gasteiger partial charge in [0.25, 0.3) is 0 Å². The lowest BCUT2D eigenvalue weighted by Gasteiger charge is -2.43. The van der Waals surface area contributed by atoms with Crippen LogP contribution >= 0.6 is 0 Å². The van der Waals surface area contributed by atoms with Crippen LogP contribution in [0.1, 0.15) is 41.0 Å². The zero-order chi connectivity index (χ0) is 14.7. The van der Waals surface area contributed by atoms with Crippen molar-refractivity contribution in [2.75, 3.05) is 0 Å². The molecular weight excluding hydrogens is 240 g/mol. The number of hydrogen-bond donors (Lipinski definition) is 1. The lowest BCUT2D eigenvalue weighted by molar-refractivity contribution is -0.152. The van der Waals surface area contributed by atoms with Gasteiger partial charge in [0.15, 0.2) is 0 Å². The Morgan fingerprint density at radius 1 is 1.26 bits per heavy atom. The van der Waals surface area contributed by atoms with Gasteiger partial charge in [0.2, 0.25) is 11.8 Å². The zero-order valence-electron chi connectivity index (χ0n) is 12.4. The first-order chi connectivity index (χ1) is 8.79. The van der Waals surface area contributed by atoms with Crippen LogP contribution in [0.4, 0.5) is 0 Å². The van der Waals surface area contributed by atoms with E-state index in [2.05, 4.69) is 11.2 Å². The summed E-state index contributed by atoms with van der Waals surface area (Å²) in [5.74, 6) is 2.80. The van der Waals surface area contributed by atoms with E-state index in [1.807, 2.05) is 27.7 Å². The zero-order valence-corrected chi connectivity index (χ0v) is 12.4. The highest BCUT2D eigenvalue weighted by atomic mass is 16.2. The third-order valence-electron chi connectivity index (χ3n) is 3.43. The first kappa shape index (κ1) is 15.6. The van der Waals surface area contributed by atoms with Crippen molar-refractivity contribution < 1.29 is 9.59 Å². The number of piperazine rings is 1. The molecule has 4 heteroatoms. The van der Waals surface area contributed by atoms with Gasteiger partial charge >= 0.3 is 0 Å². The molecule has 4 nitrogen and oxygen atoms in total. The highest BCUT2D eigenvalue weighted by molar-refractivity contribution is 5.97. The molecule has 3 unspecified atom stereocenters. The minimum atomic E-state index is -0.470. The quantitative estimate of drug-likeness (QED) is 0.780. The van der Waals surface area contributed by atoms with E-state index in [0.717, 1.165) is 0 Å². The van der Waals surface area contributed by atoms with Crippen molar-refractivity contribution in [1.29, 1.82) is 0 Å². The third-order valence-corrected chi connectivity index (χ3v) is 3.43. The topological polar surface area (TPSA) is 49.4 Å². The average Bonchev–Trinajstić information content (AvgIpc) is 2.30. The van der Waals surface area contributed by atoms with Gasteiger partial charge in [-0.05, 0) is 25.2 Å². The SMILES string of the molecule is C#CC(C)N1C(=O)C(CC(C)C)NC(=O)C1C(C)C. The van der Waals surface area contributed by atoms with Gasteiger partial charge in [-0.25, -0.2) is 0 Å². The third kappa shape index (κ3) is 3.28. The Hall–Kier alpha value is -1.50. The number of nitrogens with zero attached hydrogens (tertiary/aromatic N) is 1. The summed E-state index contributed by atoms with van der Waals surface area (Å²) in [6, 6.07) is -1.28. The van der Waals surface area contributed by atoms with Crippen LogP contribution in [0.25, 0.3) is 0 Å². The van der Waals surface area contributed by atoms with E-state index in [0.29, 0.717) is 12.3 Å². The summed E-state index contributed by atoms with van der Waals surface area (Å²) < 4.78 is 0. The van der Waals surface area contributed by atoms with E-state index >= 15 is 0 Å². The Morgan fingerprint density at radius 3 is 2.26 bits per heavy atom. The summed E-state index contributed by atoms with van der Waals surface area (Å²) in [6.07, 6.45) is 6.09. The number of nitrogens with one attached hydrogen (secondary N) is 1. The Labute approximate surface area is 115 Å². The van der Waals surface area contributed by atoms with Crippen molar-refractivity contribution in [3.63, 3.8) is 0 Å². The number of carbonyl (C=O) groups is 2. The van der Waals surface area contributed by atoms with Crippen molar-refractivity contribution in [1.82, 2.24) is 10.2 Å². The van der Waals surface area contributed by atoms with Gasteiger partial charge in [0.05, 0.1) is 6.04 Å². The minimum Gasteiger partial charge on any atom is -0.342 e. The van der Waals surface area contributed by atoms with E-state index in [9.17, 15) is 9.59 Å². The van der Waals surface area contributed by atoms with Crippen LogP contribution in [-0.4, -0.2) is 34.8 Å². The molecule has 2 amide bonds. The molecule has 0 saturated carbocycles. The van der Waals surface area contributed by atoms with Crippen LogP contribution < -0.4 is 5.32 Å². The highest BCUT2D eigenvalue weighted by Crippen LogP contribution is 2.22. The molecule has 0 spiro atoms. The van der Waals surface area contributed by atoms with Crippen molar-refractivity contribution in [2.24, 2.45) is 11.8 Å². The monoisotopic (exact) mass is 264 g/mol. The molecule has 0 aromatic rings. The Balaban J connectivity index is 3.06. The van der Waals surface area contributed by atoms with E-state index < -0.39 is 12.1 Å². The molecule has 1 fully saturated rings. The normalized spacial score (nSPS) is 25.5. The number of rotatable bonds is 4. The first-order valence-electron chi connectivity index (χ1n) is 6.88. The maximum Gasteiger partial charge on any atom is 0.246 e. The number of carbonyl (C=O) groups excluding carboxylic acids is 2. The van der Waals surface area contributed by atoms with Gasteiger partial charge in [0.1, 0.15) is 12.1 Å². The fourth-order valence-corrected chi connectivity index (χ4v) is 2.53. The van der Waals surface area contributed by atoms with Crippen molar-refractivity contribution in [3.8, 4) is 12.3 Å². The van der Waals surface area contributed by atoms with Gasteiger partial charge in [-0.3, -0.25) is 9.59 Å². The molecule has 1 N–H and O–H groups in total. The van der Waals surface area contributed by atoms with E-state index in [-0.39, 0.29) is 23.8 Å². The summed E-state index contributed by atoms with van der Waals surface area (Å²) in [5, 5.41) is 2.84. The fourth-order valence-electron chi connectivity index (χ4n) is 2.53. The molecule has 1 heterocycles. The molecule has 1 aliphatic heterocycles. The standard InChI is InChI=1S/C15H24N2O2/c1-7-11(6)17-13(10(4)5)14(18)16-12(15(17)19)8-9(2)3/h1,9-13H,8H2,2-6H3,(H,16,18). The minimum absolute atomic E-state index is 0.0414. The second kappa shape index (κ2) is 6.10. The lowest BCUT2D eigenvalue weighted by Crippen LogP contribution is -2.66. The van der Waals surface area contributed by atoms with E-state index in [4.69, 9.17) is 6.42 Å². The van der Waals surface area contributed by atoms with Crippen LogP contribution in [0.15, 0.2) is 0 Å². The molecule has 0 bridgehead atoms. The summed E-state index contributed by atoms with van der Waals surface area (Å²) >= 11 is 0. The number of amides is 2. The fraction of sp³-hybridized carbons (Fsp3) is 0.733. The Morgan fingerprint density at radius 2 is 1.84 bits per heavy atom. The molecule has 1 aliphatic rings. The summed E-state index contributed by atoms with van der Waals surface area (Å²) in [4.78, 5) is 26.3. The second-order valence-electron chi connectivity index (χ2n) is 5.97. The van der Waals surface area contributed by atoms with E-state index in [1.54, 1.807) is 11.8 Å². The first-order valence-corrected chi connectivity index (χ1v) is 6.88. The Kier molecular flexibility index (Phi) is 4.99. The molecule has 0 aliphatic carbocycles. The number of hydrogen-bond acceptors (Lipinski definition) is 2. The summed E-state index contributed by atoms with van der Waals surface area (Å²) in [6.45, 7) is 9.71. The second-order valence-corrected chi connectivity index (χ2v) is 5.97. The highest BCUT2D eigenvalue weighted by Gasteiger charge is 2.43. The van der Waals surface area contributed by atoms with Gasteiger partial charge in [-0.1, -0.05) is 33.6 Å². The van der Waals surface area contributed by atoms with Gasteiger partial charge in [0, 0.05) is 0 Å². The summed E-state index contributed by atoms with van der Waals surface area (Å²) in [7, 11) is 0. The molecular formula is C15H24N2O2. The van der Waals surface area contributed by atoms with Crippen LogP contribution in [0.3, 0.4) is 0 Å². The predicted octanol–water partition coefficient (Wildman–Crippen LogP) is 1.41. The molecule has 0 aromatic heterocycles. The van der Waals surface area contributed by atoms with Crippen LogP contribution in [0, 0.1) is 24.2 Å².